The SMILES string of the molecule is CC(C)NCc1nc(-c2ccc3ccccc3c2)no1. The minimum absolute atomic E-state index is 0.394. The number of benzene rings is 2. The van der Waals surface area contributed by atoms with E-state index >= 15 is 0 Å². The Bertz CT molecular complexity index is 718. The largest absolute Gasteiger partial charge is 0.338 e. The molecule has 4 heteroatoms. The van der Waals surface area contributed by atoms with Crippen LogP contribution in [0, 0.1) is 0 Å². The fourth-order valence-electron chi connectivity index (χ4n) is 2.06. The van der Waals surface area contributed by atoms with E-state index in [1.807, 2.05) is 18.2 Å². The van der Waals surface area contributed by atoms with Crippen molar-refractivity contribution in [2.75, 3.05) is 0 Å². The van der Waals surface area contributed by atoms with Gasteiger partial charge in [-0.25, -0.2) is 0 Å². The summed E-state index contributed by atoms with van der Waals surface area (Å²) in [6, 6.07) is 14.8. The summed E-state index contributed by atoms with van der Waals surface area (Å²) in [4.78, 5) is 4.42. The maximum Gasteiger partial charge on any atom is 0.240 e. The Labute approximate surface area is 117 Å². The van der Waals surface area contributed by atoms with E-state index in [-0.39, 0.29) is 0 Å². The molecule has 1 aromatic heterocycles. The van der Waals surface area contributed by atoms with Gasteiger partial charge in [0.25, 0.3) is 0 Å². The summed E-state index contributed by atoms with van der Waals surface area (Å²) >= 11 is 0. The highest BCUT2D eigenvalue weighted by molar-refractivity contribution is 5.86. The van der Waals surface area contributed by atoms with Gasteiger partial charge in [0.1, 0.15) is 0 Å². The topological polar surface area (TPSA) is 51.0 Å². The van der Waals surface area contributed by atoms with Crippen molar-refractivity contribution in [3.63, 3.8) is 0 Å². The molecule has 0 spiro atoms. The zero-order valence-electron chi connectivity index (χ0n) is 11.6. The van der Waals surface area contributed by atoms with Gasteiger partial charge in [-0.3, -0.25) is 0 Å². The van der Waals surface area contributed by atoms with Crippen molar-refractivity contribution in [3.8, 4) is 11.4 Å². The van der Waals surface area contributed by atoms with Crippen LogP contribution in [0.1, 0.15) is 19.7 Å². The van der Waals surface area contributed by atoms with Gasteiger partial charge in [0.05, 0.1) is 6.54 Å². The Balaban J connectivity index is 1.87. The van der Waals surface area contributed by atoms with E-state index in [1.165, 1.54) is 10.8 Å². The number of nitrogens with one attached hydrogen (secondary N) is 1. The minimum Gasteiger partial charge on any atom is -0.338 e. The first-order valence-electron chi connectivity index (χ1n) is 6.77. The molecule has 3 aromatic rings. The summed E-state index contributed by atoms with van der Waals surface area (Å²) < 4.78 is 5.26. The van der Waals surface area contributed by atoms with Crippen LogP contribution in [0.25, 0.3) is 22.2 Å². The molecule has 0 aliphatic rings. The van der Waals surface area contributed by atoms with Crippen molar-refractivity contribution in [3.05, 3.63) is 48.4 Å². The molecular formula is C16H17N3O. The van der Waals surface area contributed by atoms with Gasteiger partial charge in [0.2, 0.25) is 11.7 Å². The van der Waals surface area contributed by atoms with Gasteiger partial charge in [-0.05, 0) is 16.8 Å². The Hall–Kier alpha value is -2.20. The van der Waals surface area contributed by atoms with Crippen LogP contribution in [-0.4, -0.2) is 16.2 Å². The van der Waals surface area contributed by atoms with Gasteiger partial charge in [-0.1, -0.05) is 55.4 Å². The molecule has 0 bridgehead atoms. The van der Waals surface area contributed by atoms with E-state index < -0.39 is 0 Å². The molecular weight excluding hydrogens is 250 g/mol. The van der Waals surface area contributed by atoms with Crippen LogP contribution in [-0.2, 0) is 6.54 Å². The second-order valence-corrected chi connectivity index (χ2v) is 5.11. The highest BCUT2D eigenvalue weighted by atomic mass is 16.5. The van der Waals surface area contributed by atoms with E-state index in [0.717, 1.165) is 5.56 Å². The van der Waals surface area contributed by atoms with Gasteiger partial charge < -0.3 is 9.84 Å². The van der Waals surface area contributed by atoms with E-state index in [1.54, 1.807) is 0 Å². The number of fused-ring (bicyclic) bond motifs is 1. The molecule has 0 amide bonds. The molecule has 0 saturated heterocycles. The maximum absolute atomic E-state index is 5.26. The molecule has 0 unspecified atom stereocenters. The zero-order chi connectivity index (χ0) is 13.9. The zero-order valence-corrected chi connectivity index (χ0v) is 11.6. The molecule has 0 aliphatic carbocycles. The number of hydrogen-bond donors (Lipinski definition) is 1. The molecule has 0 radical (unpaired) electrons. The summed E-state index contributed by atoms with van der Waals surface area (Å²) in [5, 5.41) is 9.69. The third-order valence-electron chi connectivity index (χ3n) is 3.14. The predicted octanol–water partition coefficient (Wildman–Crippen LogP) is 3.39. The number of aromatic nitrogens is 2. The Morgan fingerprint density at radius 2 is 1.90 bits per heavy atom. The van der Waals surface area contributed by atoms with Crippen molar-refractivity contribution in [1.82, 2.24) is 15.5 Å². The number of hydrogen-bond acceptors (Lipinski definition) is 4. The van der Waals surface area contributed by atoms with Gasteiger partial charge in [0, 0.05) is 11.6 Å². The van der Waals surface area contributed by atoms with Crippen LogP contribution in [0.2, 0.25) is 0 Å². The van der Waals surface area contributed by atoms with Crippen molar-refractivity contribution < 1.29 is 4.52 Å². The lowest BCUT2D eigenvalue weighted by Crippen LogP contribution is -2.21. The highest BCUT2D eigenvalue weighted by Crippen LogP contribution is 2.22. The fourth-order valence-corrected chi connectivity index (χ4v) is 2.06. The second kappa shape index (κ2) is 5.43. The molecule has 20 heavy (non-hydrogen) atoms. The van der Waals surface area contributed by atoms with Crippen molar-refractivity contribution in [2.24, 2.45) is 0 Å². The van der Waals surface area contributed by atoms with E-state index in [2.05, 4.69) is 53.6 Å². The fraction of sp³-hybridized carbons (Fsp3) is 0.250. The lowest BCUT2D eigenvalue weighted by molar-refractivity contribution is 0.362. The summed E-state index contributed by atoms with van der Waals surface area (Å²) in [6.45, 7) is 4.76. The molecule has 2 aromatic carbocycles. The Morgan fingerprint density at radius 1 is 1.10 bits per heavy atom. The van der Waals surface area contributed by atoms with Gasteiger partial charge in [0.15, 0.2) is 0 Å². The number of nitrogens with zero attached hydrogens (tertiary/aromatic N) is 2. The quantitative estimate of drug-likeness (QED) is 0.787. The minimum atomic E-state index is 0.394. The van der Waals surface area contributed by atoms with Gasteiger partial charge in [-0.2, -0.15) is 4.98 Å². The molecule has 4 nitrogen and oxygen atoms in total. The highest BCUT2D eigenvalue weighted by Gasteiger charge is 2.09. The number of rotatable bonds is 4. The third-order valence-corrected chi connectivity index (χ3v) is 3.14. The van der Waals surface area contributed by atoms with Gasteiger partial charge in [-0.15, -0.1) is 0 Å². The molecule has 102 valence electrons. The van der Waals surface area contributed by atoms with Crippen molar-refractivity contribution in [1.29, 1.82) is 0 Å². The summed E-state index contributed by atoms with van der Waals surface area (Å²) in [7, 11) is 0. The van der Waals surface area contributed by atoms with Crippen LogP contribution in [0.5, 0.6) is 0 Å². The van der Waals surface area contributed by atoms with Crippen LogP contribution in [0.4, 0.5) is 0 Å². The predicted molar refractivity (Wildman–Crippen MR) is 79.2 cm³/mol. The van der Waals surface area contributed by atoms with Crippen LogP contribution in [0.15, 0.2) is 47.0 Å². The average molecular weight is 267 g/mol. The average Bonchev–Trinajstić information content (AvgIpc) is 2.93. The van der Waals surface area contributed by atoms with Gasteiger partial charge >= 0.3 is 0 Å². The molecule has 0 fully saturated rings. The first-order valence-corrected chi connectivity index (χ1v) is 6.77. The lowest BCUT2D eigenvalue weighted by Gasteiger charge is -2.03. The summed E-state index contributed by atoms with van der Waals surface area (Å²) in [6.07, 6.45) is 0. The lowest BCUT2D eigenvalue weighted by atomic mass is 10.1. The first-order chi connectivity index (χ1) is 9.72. The second-order valence-electron chi connectivity index (χ2n) is 5.11. The molecule has 1 heterocycles. The normalized spacial score (nSPS) is 11.3. The van der Waals surface area contributed by atoms with E-state index in [9.17, 15) is 0 Å². The smallest absolute Gasteiger partial charge is 0.240 e. The summed E-state index contributed by atoms with van der Waals surface area (Å²) in [5.41, 5.74) is 0.975. The van der Waals surface area contributed by atoms with E-state index in [4.69, 9.17) is 4.52 Å². The summed E-state index contributed by atoms with van der Waals surface area (Å²) in [5.74, 6) is 1.25. The van der Waals surface area contributed by atoms with Crippen LogP contribution in [0.3, 0.4) is 0 Å². The monoisotopic (exact) mass is 267 g/mol. The third kappa shape index (κ3) is 2.70. The Morgan fingerprint density at radius 3 is 2.70 bits per heavy atom. The molecule has 1 N–H and O–H groups in total. The standard InChI is InChI=1S/C16H17N3O/c1-11(2)17-10-15-18-16(19-20-15)14-8-7-12-5-3-4-6-13(12)9-14/h3-9,11,17H,10H2,1-2H3. The molecule has 3 rings (SSSR count). The molecule has 0 saturated carbocycles. The Kier molecular flexibility index (Phi) is 3.48. The van der Waals surface area contributed by atoms with E-state index in [0.29, 0.717) is 24.3 Å². The van der Waals surface area contributed by atoms with Crippen LogP contribution >= 0.6 is 0 Å². The first kappa shape index (κ1) is 12.8. The van der Waals surface area contributed by atoms with Crippen molar-refractivity contribution >= 4 is 10.8 Å². The van der Waals surface area contributed by atoms with Crippen LogP contribution < -0.4 is 5.32 Å². The van der Waals surface area contributed by atoms with Crippen molar-refractivity contribution in [2.45, 2.75) is 26.4 Å². The maximum atomic E-state index is 5.26. The molecule has 0 aliphatic heterocycles. The molecule has 0 atom stereocenters.